The molecule has 2 aromatic carbocycles. The average molecular weight is 488 g/mol. The van der Waals surface area contributed by atoms with Crippen LogP contribution in [0, 0.1) is 5.82 Å². The van der Waals surface area contributed by atoms with Crippen molar-refractivity contribution in [1.82, 2.24) is 4.40 Å². The Balaban J connectivity index is 1.84. The first-order chi connectivity index (χ1) is 17.3. The number of rotatable bonds is 9. The van der Waals surface area contributed by atoms with Gasteiger partial charge in [0.05, 0.1) is 24.6 Å². The summed E-state index contributed by atoms with van der Waals surface area (Å²) in [5, 5.41) is 12.3. The van der Waals surface area contributed by atoms with Gasteiger partial charge < -0.3 is 14.2 Å². The summed E-state index contributed by atoms with van der Waals surface area (Å²) in [6, 6.07) is 16.5. The van der Waals surface area contributed by atoms with E-state index in [9.17, 15) is 19.1 Å². The zero-order chi connectivity index (χ0) is 25.8. The third kappa shape index (κ3) is 5.24. The van der Waals surface area contributed by atoms with Crippen molar-refractivity contribution in [3.05, 3.63) is 83.9 Å². The van der Waals surface area contributed by atoms with Gasteiger partial charge in [-0.15, -0.1) is 0 Å². The number of pyridine rings is 1. The topological polar surface area (TPSA) is 68.0 Å². The molecule has 0 fully saturated rings. The lowest BCUT2D eigenvalue weighted by molar-refractivity contribution is -0.145. The first-order valence-electron chi connectivity index (χ1n) is 12.2. The van der Waals surface area contributed by atoms with Crippen molar-refractivity contribution in [2.75, 3.05) is 6.61 Å². The molecule has 0 amide bonds. The fraction of sp³-hybridized carbons (Fsp3) is 0.267. The number of fused-ring (bicyclic) bond motifs is 3. The molecule has 5 nitrogen and oxygen atoms in total. The molecule has 0 bridgehead atoms. The number of aliphatic hydroxyl groups is 1. The van der Waals surface area contributed by atoms with E-state index in [1.807, 2.05) is 18.3 Å². The van der Waals surface area contributed by atoms with Crippen molar-refractivity contribution in [2.45, 2.75) is 45.6 Å². The first-order valence-corrected chi connectivity index (χ1v) is 12.2. The highest BCUT2D eigenvalue weighted by atomic mass is 19.1. The molecule has 1 N–H and O–H groups in total. The van der Waals surface area contributed by atoms with Crippen LogP contribution in [0.25, 0.3) is 33.5 Å². The fourth-order valence-electron chi connectivity index (χ4n) is 4.69. The van der Waals surface area contributed by atoms with Crippen molar-refractivity contribution in [3.63, 3.8) is 0 Å². The van der Waals surface area contributed by atoms with Gasteiger partial charge in [0.15, 0.2) is 5.78 Å². The lowest BCUT2D eigenvalue weighted by Gasteiger charge is -2.10. The zero-order valence-electron chi connectivity index (χ0n) is 20.7. The summed E-state index contributed by atoms with van der Waals surface area (Å²) < 4.78 is 20.8. The SMILES string of the molecule is CCOC(=O)CC(O)CC(=O)C=Cc1c(-c2ccc(F)cc2)c2c3ccccc3ccn2c1C(C)C. The Morgan fingerprint density at radius 1 is 1.06 bits per heavy atom. The second-order valence-electron chi connectivity index (χ2n) is 9.12. The van der Waals surface area contributed by atoms with Crippen molar-refractivity contribution >= 4 is 34.1 Å². The van der Waals surface area contributed by atoms with Crippen LogP contribution in [-0.2, 0) is 14.3 Å². The molecular weight excluding hydrogens is 457 g/mol. The molecule has 0 spiro atoms. The lowest BCUT2D eigenvalue weighted by Crippen LogP contribution is -2.18. The molecule has 0 aliphatic rings. The van der Waals surface area contributed by atoms with Crippen LogP contribution in [0.3, 0.4) is 0 Å². The van der Waals surface area contributed by atoms with Crippen molar-refractivity contribution < 1.29 is 23.8 Å². The lowest BCUT2D eigenvalue weighted by atomic mass is 9.95. The number of benzene rings is 2. The number of aromatic nitrogens is 1. The maximum atomic E-state index is 13.8. The van der Waals surface area contributed by atoms with Crippen LogP contribution in [0.1, 0.15) is 50.8 Å². The Kier molecular flexibility index (Phi) is 7.65. The van der Waals surface area contributed by atoms with Crippen LogP contribution >= 0.6 is 0 Å². The summed E-state index contributed by atoms with van der Waals surface area (Å²) in [6.45, 7) is 6.09. The molecule has 0 saturated carbocycles. The number of esters is 1. The molecule has 1 atom stereocenters. The number of nitrogens with zero attached hydrogens (tertiary/aromatic N) is 1. The van der Waals surface area contributed by atoms with Crippen LogP contribution in [0.4, 0.5) is 4.39 Å². The van der Waals surface area contributed by atoms with Crippen molar-refractivity contribution in [3.8, 4) is 11.1 Å². The Hall–Kier alpha value is -3.77. The highest BCUT2D eigenvalue weighted by molar-refractivity contribution is 6.07. The van der Waals surface area contributed by atoms with E-state index >= 15 is 0 Å². The van der Waals surface area contributed by atoms with Crippen molar-refractivity contribution in [2.24, 2.45) is 0 Å². The number of halogens is 1. The number of ether oxygens (including phenoxy) is 1. The predicted octanol–water partition coefficient (Wildman–Crippen LogP) is 6.31. The smallest absolute Gasteiger partial charge is 0.308 e. The van der Waals surface area contributed by atoms with Crippen LogP contribution in [-0.4, -0.2) is 34.0 Å². The molecule has 6 heteroatoms. The van der Waals surface area contributed by atoms with Crippen LogP contribution in [0.2, 0.25) is 0 Å². The van der Waals surface area contributed by atoms with Gasteiger partial charge in [0, 0.05) is 34.8 Å². The van der Waals surface area contributed by atoms with E-state index in [-0.39, 0.29) is 37.0 Å². The summed E-state index contributed by atoms with van der Waals surface area (Å²) >= 11 is 0. The molecule has 4 rings (SSSR count). The molecule has 0 saturated heterocycles. The summed E-state index contributed by atoms with van der Waals surface area (Å²) in [6.07, 6.45) is 3.73. The molecule has 2 aromatic heterocycles. The number of aliphatic hydroxyl groups excluding tert-OH is 1. The number of allylic oxidation sites excluding steroid dienone is 1. The largest absolute Gasteiger partial charge is 0.466 e. The van der Waals surface area contributed by atoms with E-state index < -0.39 is 12.1 Å². The summed E-state index contributed by atoms with van der Waals surface area (Å²) in [5.41, 5.74) is 4.61. The van der Waals surface area contributed by atoms with Gasteiger partial charge in [-0.2, -0.15) is 0 Å². The highest BCUT2D eigenvalue weighted by Gasteiger charge is 2.22. The molecular formula is C30H30FNO4. The highest BCUT2D eigenvalue weighted by Crippen LogP contribution is 2.40. The summed E-state index contributed by atoms with van der Waals surface area (Å²) in [5.74, 6) is -1.03. The van der Waals surface area contributed by atoms with Crippen LogP contribution in [0.5, 0.6) is 0 Å². The minimum absolute atomic E-state index is 0.122. The van der Waals surface area contributed by atoms with E-state index in [2.05, 4.69) is 36.4 Å². The molecule has 0 aliphatic heterocycles. The Morgan fingerprint density at radius 2 is 1.78 bits per heavy atom. The second kappa shape index (κ2) is 10.9. The number of hydrogen-bond donors (Lipinski definition) is 1. The third-order valence-electron chi connectivity index (χ3n) is 6.16. The third-order valence-corrected chi connectivity index (χ3v) is 6.16. The predicted molar refractivity (Wildman–Crippen MR) is 140 cm³/mol. The second-order valence-corrected chi connectivity index (χ2v) is 9.12. The minimum atomic E-state index is -1.11. The van der Waals surface area contributed by atoms with E-state index in [0.29, 0.717) is 0 Å². The number of carbonyl (C=O) groups is 2. The van der Waals surface area contributed by atoms with Gasteiger partial charge in [-0.3, -0.25) is 9.59 Å². The normalized spacial score (nSPS) is 12.6. The van der Waals surface area contributed by atoms with Gasteiger partial charge in [-0.25, -0.2) is 4.39 Å². The van der Waals surface area contributed by atoms with Gasteiger partial charge in [-0.05, 0) is 54.1 Å². The molecule has 1 unspecified atom stereocenters. The van der Waals surface area contributed by atoms with Crippen molar-refractivity contribution in [1.29, 1.82) is 0 Å². The Bertz CT molecular complexity index is 1430. The van der Waals surface area contributed by atoms with Gasteiger partial charge in [0.2, 0.25) is 0 Å². The van der Waals surface area contributed by atoms with E-state index in [1.54, 1.807) is 25.1 Å². The Labute approximate surface area is 209 Å². The number of carbonyl (C=O) groups excluding carboxylic acids is 2. The van der Waals surface area contributed by atoms with Crippen LogP contribution in [0.15, 0.2) is 66.9 Å². The van der Waals surface area contributed by atoms with Gasteiger partial charge in [-0.1, -0.05) is 50.2 Å². The molecule has 2 heterocycles. The quantitative estimate of drug-likeness (QED) is 0.222. The molecule has 0 radical (unpaired) electrons. The molecule has 0 aliphatic carbocycles. The Morgan fingerprint density at radius 3 is 2.47 bits per heavy atom. The molecule has 36 heavy (non-hydrogen) atoms. The summed E-state index contributed by atoms with van der Waals surface area (Å²) in [4.78, 5) is 24.3. The first kappa shape index (κ1) is 25.3. The molecule has 186 valence electrons. The fourth-order valence-corrected chi connectivity index (χ4v) is 4.69. The minimum Gasteiger partial charge on any atom is -0.466 e. The maximum Gasteiger partial charge on any atom is 0.308 e. The average Bonchev–Trinajstić information content (AvgIpc) is 3.18. The van der Waals surface area contributed by atoms with Gasteiger partial charge in [0.25, 0.3) is 0 Å². The van der Waals surface area contributed by atoms with Crippen LogP contribution < -0.4 is 0 Å². The maximum absolute atomic E-state index is 13.8. The number of ketones is 1. The number of hydrogen-bond acceptors (Lipinski definition) is 4. The van der Waals surface area contributed by atoms with E-state index in [4.69, 9.17) is 4.74 Å². The monoisotopic (exact) mass is 487 g/mol. The van der Waals surface area contributed by atoms with E-state index in [1.165, 1.54) is 18.2 Å². The summed E-state index contributed by atoms with van der Waals surface area (Å²) in [7, 11) is 0. The standard InChI is InChI=1S/C30H30FNO4/c1-4-36-27(35)18-24(34)17-23(33)13-14-26-28(21-9-11-22(31)12-10-21)30-25-8-6-5-7-20(25)15-16-32(30)29(26)19(2)3/h5-16,19,24,34H,4,17-18H2,1-3H3. The molecule has 4 aromatic rings. The zero-order valence-corrected chi connectivity index (χ0v) is 20.7. The van der Waals surface area contributed by atoms with E-state index in [0.717, 1.165) is 38.7 Å². The van der Waals surface area contributed by atoms with Gasteiger partial charge >= 0.3 is 5.97 Å². The van der Waals surface area contributed by atoms with Gasteiger partial charge in [0.1, 0.15) is 5.82 Å².